The number of hydrogen-bond donors (Lipinski definition) is 2. The molecule has 0 heterocycles. The molecule has 24 heavy (non-hydrogen) atoms. The monoisotopic (exact) mass is 331 g/mol. The fourth-order valence-electron chi connectivity index (χ4n) is 1.96. The fraction of sp³-hybridized carbons (Fsp3) is 0.222. The lowest BCUT2D eigenvalue weighted by atomic mass is 10.1. The molecule has 126 valence electrons. The second kappa shape index (κ2) is 8.21. The highest BCUT2D eigenvalue weighted by atomic mass is 19.1. The van der Waals surface area contributed by atoms with Gasteiger partial charge in [-0.3, -0.25) is 4.79 Å². The van der Waals surface area contributed by atoms with E-state index in [0.29, 0.717) is 11.1 Å². The van der Waals surface area contributed by atoms with Gasteiger partial charge in [-0.2, -0.15) is 0 Å². The number of rotatable bonds is 6. The van der Waals surface area contributed by atoms with E-state index in [-0.39, 0.29) is 19.0 Å². The molecule has 0 aliphatic rings. The molecule has 6 heteroatoms. The van der Waals surface area contributed by atoms with Gasteiger partial charge in [-0.25, -0.2) is 9.18 Å². The smallest absolute Gasteiger partial charge is 0.338 e. The van der Waals surface area contributed by atoms with Gasteiger partial charge < -0.3 is 15.2 Å². The van der Waals surface area contributed by atoms with Crippen molar-refractivity contribution in [3.8, 4) is 0 Å². The van der Waals surface area contributed by atoms with Crippen LogP contribution in [-0.2, 0) is 22.7 Å². The van der Waals surface area contributed by atoms with E-state index in [0.717, 1.165) is 5.56 Å². The largest absolute Gasteiger partial charge is 0.449 e. The van der Waals surface area contributed by atoms with Crippen LogP contribution in [0.4, 0.5) is 4.39 Å². The van der Waals surface area contributed by atoms with Gasteiger partial charge in [-0.1, -0.05) is 24.3 Å². The molecule has 0 saturated carbocycles. The minimum atomic E-state index is -0.963. The van der Waals surface area contributed by atoms with E-state index in [1.807, 2.05) is 0 Å². The van der Waals surface area contributed by atoms with Crippen molar-refractivity contribution in [2.24, 2.45) is 0 Å². The van der Waals surface area contributed by atoms with Gasteiger partial charge in [-0.05, 0) is 42.3 Å². The first-order valence-corrected chi connectivity index (χ1v) is 7.42. The third-order valence-electron chi connectivity index (χ3n) is 3.41. The summed E-state index contributed by atoms with van der Waals surface area (Å²) in [6, 6.07) is 12.0. The summed E-state index contributed by atoms with van der Waals surface area (Å²) in [6.07, 6.45) is -0.963. The second-order valence-corrected chi connectivity index (χ2v) is 5.25. The van der Waals surface area contributed by atoms with Crippen molar-refractivity contribution in [1.29, 1.82) is 0 Å². The van der Waals surface area contributed by atoms with E-state index < -0.39 is 18.0 Å². The number of esters is 1. The van der Waals surface area contributed by atoms with Gasteiger partial charge in [0.2, 0.25) is 0 Å². The summed E-state index contributed by atoms with van der Waals surface area (Å²) < 4.78 is 17.9. The Labute approximate surface area is 139 Å². The fourth-order valence-corrected chi connectivity index (χ4v) is 1.96. The third kappa shape index (κ3) is 4.89. The van der Waals surface area contributed by atoms with Crippen LogP contribution in [0.2, 0.25) is 0 Å². The molecule has 2 rings (SSSR count). The molecular weight excluding hydrogens is 313 g/mol. The number of ether oxygens (including phenoxy) is 1. The van der Waals surface area contributed by atoms with Gasteiger partial charge in [0.1, 0.15) is 5.82 Å². The zero-order valence-electron chi connectivity index (χ0n) is 13.2. The van der Waals surface area contributed by atoms with Crippen molar-refractivity contribution in [2.45, 2.75) is 26.2 Å². The van der Waals surface area contributed by atoms with Crippen molar-refractivity contribution in [3.63, 3.8) is 0 Å². The van der Waals surface area contributed by atoms with Gasteiger partial charge in [0.15, 0.2) is 6.10 Å². The van der Waals surface area contributed by atoms with Crippen LogP contribution in [0, 0.1) is 5.82 Å². The lowest BCUT2D eigenvalue weighted by Crippen LogP contribution is -2.35. The molecule has 5 nitrogen and oxygen atoms in total. The van der Waals surface area contributed by atoms with E-state index in [1.165, 1.54) is 31.2 Å². The zero-order chi connectivity index (χ0) is 17.5. The van der Waals surface area contributed by atoms with Crippen molar-refractivity contribution in [3.05, 3.63) is 71.0 Å². The van der Waals surface area contributed by atoms with Crippen LogP contribution >= 0.6 is 0 Å². The van der Waals surface area contributed by atoms with Crippen molar-refractivity contribution >= 4 is 11.9 Å². The van der Waals surface area contributed by atoms with Crippen molar-refractivity contribution < 1.29 is 23.8 Å². The third-order valence-corrected chi connectivity index (χ3v) is 3.41. The van der Waals surface area contributed by atoms with Crippen LogP contribution in [0.1, 0.15) is 28.4 Å². The van der Waals surface area contributed by atoms with Gasteiger partial charge >= 0.3 is 5.97 Å². The molecule has 0 saturated heterocycles. The van der Waals surface area contributed by atoms with Gasteiger partial charge in [0, 0.05) is 6.54 Å². The number of aliphatic hydroxyl groups is 1. The van der Waals surface area contributed by atoms with Crippen LogP contribution in [-0.4, -0.2) is 23.1 Å². The summed E-state index contributed by atoms with van der Waals surface area (Å²) in [7, 11) is 0. The number of benzene rings is 2. The molecular formula is C18H18FNO4. The Bertz CT molecular complexity index is 698. The average Bonchev–Trinajstić information content (AvgIpc) is 2.60. The standard InChI is InChI=1S/C18H18FNO4/c1-12(17(22)20-10-13-4-8-16(19)9-5-13)24-18(23)15-6-2-14(11-21)3-7-15/h2-9,12,21H,10-11H2,1H3,(H,20,22). The Morgan fingerprint density at radius 3 is 2.25 bits per heavy atom. The number of carbonyl (C=O) groups excluding carboxylic acids is 2. The molecule has 0 aromatic heterocycles. The molecule has 0 spiro atoms. The lowest BCUT2D eigenvalue weighted by Gasteiger charge is -2.13. The molecule has 1 unspecified atom stereocenters. The second-order valence-electron chi connectivity index (χ2n) is 5.25. The molecule has 0 fully saturated rings. The molecule has 0 radical (unpaired) electrons. The van der Waals surface area contributed by atoms with E-state index in [4.69, 9.17) is 9.84 Å². The molecule has 1 amide bonds. The first kappa shape index (κ1) is 17.6. The topological polar surface area (TPSA) is 75.6 Å². The van der Waals surface area contributed by atoms with Gasteiger partial charge in [0.25, 0.3) is 5.91 Å². The summed E-state index contributed by atoms with van der Waals surface area (Å²) >= 11 is 0. The SMILES string of the molecule is CC(OC(=O)c1ccc(CO)cc1)C(=O)NCc1ccc(F)cc1. The first-order chi connectivity index (χ1) is 11.5. The highest BCUT2D eigenvalue weighted by Gasteiger charge is 2.18. The van der Waals surface area contributed by atoms with E-state index in [9.17, 15) is 14.0 Å². The summed E-state index contributed by atoms with van der Waals surface area (Å²) in [5.41, 5.74) is 1.71. The lowest BCUT2D eigenvalue weighted by molar-refractivity contribution is -0.129. The highest BCUT2D eigenvalue weighted by Crippen LogP contribution is 2.08. The predicted octanol–water partition coefficient (Wildman–Crippen LogP) is 2.18. The summed E-state index contributed by atoms with van der Waals surface area (Å²) in [6.45, 7) is 1.57. The minimum absolute atomic E-state index is 0.114. The number of aliphatic hydroxyl groups excluding tert-OH is 1. The van der Waals surface area contributed by atoms with E-state index in [1.54, 1.807) is 24.3 Å². The summed E-state index contributed by atoms with van der Waals surface area (Å²) in [5.74, 6) is -1.41. The highest BCUT2D eigenvalue weighted by molar-refractivity contribution is 5.92. The van der Waals surface area contributed by atoms with Crippen LogP contribution in [0.5, 0.6) is 0 Å². The van der Waals surface area contributed by atoms with Gasteiger partial charge in [0.05, 0.1) is 12.2 Å². The number of nitrogens with one attached hydrogen (secondary N) is 1. The van der Waals surface area contributed by atoms with E-state index in [2.05, 4.69) is 5.32 Å². The number of amides is 1. The van der Waals surface area contributed by atoms with Gasteiger partial charge in [-0.15, -0.1) is 0 Å². The molecule has 2 aromatic rings. The number of hydrogen-bond acceptors (Lipinski definition) is 4. The molecule has 0 aliphatic heterocycles. The van der Waals surface area contributed by atoms with Crippen LogP contribution in [0.3, 0.4) is 0 Å². The Hall–Kier alpha value is -2.73. The predicted molar refractivity (Wildman–Crippen MR) is 85.5 cm³/mol. The van der Waals surface area contributed by atoms with Crippen molar-refractivity contribution in [1.82, 2.24) is 5.32 Å². The maximum atomic E-state index is 12.8. The maximum Gasteiger partial charge on any atom is 0.338 e. The Kier molecular flexibility index (Phi) is 6.03. The van der Waals surface area contributed by atoms with E-state index >= 15 is 0 Å². The maximum absolute atomic E-state index is 12.8. The molecule has 2 N–H and O–H groups in total. The Morgan fingerprint density at radius 2 is 1.67 bits per heavy atom. The quantitative estimate of drug-likeness (QED) is 0.796. The molecule has 2 aromatic carbocycles. The number of halogens is 1. The average molecular weight is 331 g/mol. The zero-order valence-corrected chi connectivity index (χ0v) is 13.2. The molecule has 0 bridgehead atoms. The summed E-state index contributed by atoms with van der Waals surface area (Å²) in [5, 5.41) is 11.6. The first-order valence-electron chi connectivity index (χ1n) is 7.42. The van der Waals surface area contributed by atoms with Crippen LogP contribution in [0.15, 0.2) is 48.5 Å². The van der Waals surface area contributed by atoms with Crippen molar-refractivity contribution in [2.75, 3.05) is 0 Å². The summed E-state index contributed by atoms with van der Waals surface area (Å²) in [4.78, 5) is 23.9. The Balaban J connectivity index is 1.85. The molecule has 1 atom stereocenters. The Morgan fingerprint density at radius 1 is 1.08 bits per heavy atom. The van der Waals surface area contributed by atoms with Crippen LogP contribution < -0.4 is 5.32 Å². The molecule has 0 aliphatic carbocycles. The minimum Gasteiger partial charge on any atom is -0.449 e. The normalized spacial score (nSPS) is 11.6. The van der Waals surface area contributed by atoms with Crippen LogP contribution in [0.25, 0.3) is 0 Å². The number of carbonyl (C=O) groups is 2.